The van der Waals surface area contributed by atoms with Gasteiger partial charge in [-0.05, 0) is 24.2 Å². The second-order valence-electron chi connectivity index (χ2n) is 6.40. The average molecular weight is 256 g/mol. The van der Waals surface area contributed by atoms with Gasteiger partial charge in [0, 0.05) is 6.42 Å². The van der Waals surface area contributed by atoms with Crippen LogP contribution in [-0.2, 0) is 4.79 Å². The molecule has 0 saturated heterocycles. The van der Waals surface area contributed by atoms with Gasteiger partial charge >= 0.3 is 5.97 Å². The second kappa shape index (κ2) is 10.4. The maximum Gasteiger partial charge on any atom is 0.303 e. The van der Waals surface area contributed by atoms with Gasteiger partial charge in [0.25, 0.3) is 0 Å². The van der Waals surface area contributed by atoms with E-state index in [0.29, 0.717) is 12.3 Å². The fraction of sp³-hybridized carbons (Fsp3) is 0.938. The summed E-state index contributed by atoms with van der Waals surface area (Å²) in [5.41, 5.74) is 0. The molecule has 0 aliphatic heterocycles. The summed E-state index contributed by atoms with van der Waals surface area (Å²) in [7, 11) is 0. The van der Waals surface area contributed by atoms with Crippen molar-refractivity contribution in [1.82, 2.24) is 0 Å². The summed E-state index contributed by atoms with van der Waals surface area (Å²) < 4.78 is 0. The van der Waals surface area contributed by atoms with E-state index in [1.807, 2.05) is 0 Å². The number of rotatable bonds is 11. The Hall–Kier alpha value is -0.530. The molecule has 0 bridgehead atoms. The molecular formula is C16H32O2. The molecule has 2 nitrogen and oxygen atoms in total. The fourth-order valence-electron chi connectivity index (χ4n) is 2.35. The normalized spacial score (nSPS) is 14.7. The van der Waals surface area contributed by atoms with Crippen LogP contribution in [0.5, 0.6) is 0 Å². The predicted octanol–water partition coefficient (Wildman–Crippen LogP) is 5.12. The molecule has 0 amide bonds. The van der Waals surface area contributed by atoms with Crippen LogP contribution < -0.4 is 0 Å². The third kappa shape index (κ3) is 11.9. The van der Waals surface area contributed by atoms with Gasteiger partial charge in [-0.3, -0.25) is 4.79 Å². The molecule has 0 radical (unpaired) electrons. The first-order valence-corrected chi connectivity index (χ1v) is 7.63. The lowest BCUT2D eigenvalue weighted by Crippen LogP contribution is -2.02. The van der Waals surface area contributed by atoms with Gasteiger partial charge in [-0.2, -0.15) is 0 Å². The van der Waals surface area contributed by atoms with Gasteiger partial charge in [0.2, 0.25) is 0 Å². The maximum absolute atomic E-state index is 10.5. The summed E-state index contributed by atoms with van der Waals surface area (Å²) in [5, 5.41) is 8.62. The molecule has 0 aromatic carbocycles. The molecule has 0 rings (SSSR count). The lowest BCUT2D eigenvalue weighted by Gasteiger charge is -2.14. The highest BCUT2D eigenvalue weighted by molar-refractivity contribution is 5.66. The van der Waals surface area contributed by atoms with Crippen LogP contribution in [0, 0.1) is 17.8 Å². The summed E-state index contributed by atoms with van der Waals surface area (Å²) in [6, 6.07) is 0. The highest BCUT2D eigenvalue weighted by Gasteiger charge is 2.07. The summed E-state index contributed by atoms with van der Waals surface area (Å²) >= 11 is 0. The third-order valence-corrected chi connectivity index (χ3v) is 3.72. The van der Waals surface area contributed by atoms with Crippen molar-refractivity contribution >= 4 is 5.97 Å². The topological polar surface area (TPSA) is 37.3 Å². The van der Waals surface area contributed by atoms with Crippen LogP contribution in [0.2, 0.25) is 0 Å². The van der Waals surface area contributed by atoms with Gasteiger partial charge in [-0.15, -0.1) is 0 Å². The molecule has 0 aliphatic rings. The molecule has 0 spiro atoms. The number of carboxylic acid groups (broad SMARTS) is 1. The Morgan fingerprint density at radius 1 is 0.833 bits per heavy atom. The minimum atomic E-state index is -0.663. The summed E-state index contributed by atoms with van der Waals surface area (Å²) in [4.78, 5) is 10.5. The molecule has 1 N–H and O–H groups in total. The van der Waals surface area contributed by atoms with Crippen molar-refractivity contribution in [3.63, 3.8) is 0 Å². The standard InChI is InChI=1S/C16H32O2/c1-13(2)7-5-8-14(3)9-6-10-15(4)11-12-16(17)18/h13-15H,5-12H2,1-4H3,(H,17,18)/t14-,15+/m1/s1. The molecule has 0 fully saturated rings. The van der Waals surface area contributed by atoms with E-state index >= 15 is 0 Å². The molecule has 18 heavy (non-hydrogen) atoms. The molecule has 0 heterocycles. The molecule has 2 atom stereocenters. The SMILES string of the molecule is CC(C)CCC[C@@H](C)CCC[C@H](C)CCC(=O)O. The van der Waals surface area contributed by atoms with Crippen LogP contribution in [0.4, 0.5) is 0 Å². The molecule has 2 heteroatoms. The van der Waals surface area contributed by atoms with E-state index in [4.69, 9.17) is 5.11 Å². The highest BCUT2D eigenvalue weighted by Crippen LogP contribution is 2.20. The minimum absolute atomic E-state index is 0.325. The average Bonchev–Trinajstić information content (AvgIpc) is 2.25. The Morgan fingerprint density at radius 3 is 1.72 bits per heavy atom. The number of carbonyl (C=O) groups is 1. The molecule has 0 aliphatic carbocycles. The fourth-order valence-corrected chi connectivity index (χ4v) is 2.35. The van der Waals surface area contributed by atoms with Crippen molar-refractivity contribution in [1.29, 1.82) is 0 Å². The van der Waals surface area contributed by atoms with Crippen molar-refractivity contribution in [3.8, 4) is 0 Å². The number of hydrogen-bond acceptors (Lipinski definition) is 1. The van der Waals surface area contributed by atoms with Gasteiger partial charge in [0.1, 0.15) is 0 Å². The van der Waals surface area contributed by atoms with E-state index in [1.54, 1.807) is 0 Å². The Morgan fingerprint density at radius 2 is 1.28 bits per heavy atom. The monoisotopic (exact) mass is 256 g/mol. The van der Waals surface area contributed by atoms with Crippen LogP contribution in [0.3, 0.4) is 0 Å². The Kier molecular flexibility index (Phi) is 10.1. The minimum Gasteiger partial charge on any atom is -0.481 e. The lowest BCUT2D eigenvalue weighted by molar-refractivity contribution is -0.137. The summed E-state index contributed by atoms with van der Waals surface area (Å²) in [5.74, 6) is 1.55. The third-order valence-electron chi connectivity index (χ3n) is 3.72. The van der Waals surface area contributed by atoms with E-state index in [-0.39, 0.29) is 0 Å². The lowest BCUT2D eigenvalue weighted by atomic mass is 9.92. The molecular weight excluding hydrogens is 224 g/mol. The molecule has 0 saturated carbocycles. The van der Waals surface area contributed by atoms with Crippen LogP contribution in [0.25, 0.3) is 0 Å². The van der Waals surface area contributed by atoms with E-state index < -0.39 is 5.97 Å². The predicted molar refractivity (Wildman–Crippen MR) is 77.7 cm³/mol. The van der Waals surface area contributed by atoms with Crippen LogP contribution in [0.1, 0.15) is 79.1 Å². The summed E-state index contributed by atoms with van der Waals surface area (Å²) in [6.45, 7) is 9.10. The number of hydrogen-bond donors (Lipinski definition) is 1. The van der Waals surface area contributed by atoms with Crippen molar-refractivity contribution in [2.75, 3.05) is 0 Å². The molecule has 0 unspecified atom stereocenters. The quantitative estimate of drug-likeness (QED) is 0.557. The van der Waals surface area contributed by atoms with Crippen molar-refractivity contribution in [3.05, 3.63) is 0 Å². The van der Waals surface area contributed by atoms with E-state index in [1.165, 1.54) is 38.5 Å². The van der Waals surface area contributed by atoms with E-state index in [9.17, 15) is 4.79 Å². The molecule has 108 valence electrons. The van der Waals surface area contributed by atoms with Crippen molar-refractivity contribution < 1.29 is 9.90 Å². The highest BCUT2D eigenvalue weighted by atomic mass is 16.4. The van der Waals surface area contributed by atoms with E-state index in [0.717, 1.165) is 18.3 Å². The zero-order valence-corrected chi connectivity index (χ0v) is 12.7. The summed E-state index contributed by atoms with van der Waals surface area (Å²) in [6.07, 6.45) is 8.94. The van der Waals surface area contributed by atoms with Gasteiger partial charge in [-0.1, -0.05) is 66.2 Å². The first-order valence-electron chi connectivity index (χ1n) is 7.63. The second-order valence-corrected chi connectivity index (χ2v) is 6.40. The Balaban J connectivity index is 3.43. The van der Waals surface area contributed by atoms with Crippen LogP contribution in [-0.4, -0.2) is 11.1 Å². The first kappa shape index (κ1) is 17.5. The Bertz CT molecular complexity index is 211. The van der Waals surface area contributed by atoms with Crippen LogP contribution >= 0.6 is 0 Å². The first-order chi connectivity index (χ1) is 8.41. The zero-order valence-electron chi connectivity index (χ0n) is 12.7. The van der Waals surface area contributed by atoms with Crippen molar-refractivity contribution in [2.24, 2.45) is 17.8 Å². The maximum atomic E-state index is 10.5. The van der Waals surface area contributed by atoms with Crippen LogP contribution in [0.15, 0.2) is 0 Å². The van der Waals surface area contributed by atoms with Gasteiger partial charge in [0.05, 0.1) is 0 Å². The van der Waals surface area contributed by atoms with E-state index in [2.05, 4.69) is 27.7 Å². The largest absolute Gasteiger partial charge is 0.481 e. The number of carboxylic acids is 1. The van der Waals surface area contributed by atoms with Gasteiger partial charge < -0.3 is 5.11 Å². The Labute approximate surface area is 113 Å². The zero-order chi connectivity index (χ0) is 14.0. The smallest absolute Gasteiger partial charge is 0.303 e. The van der Waals surface area contributed by atoms with Gasteiger partial charge in [-0.25, -0.2) is 0 Å². The molecule has 0 aromatic heterocycles. The van der Waals surface area contributed by atoms with Gasteiger partial charge in [0.15, 0.2) is 0 Å². The van der Waals surface area contributed by atoms with Crippen molar-refractivity contribution in [2.45, 2.75) is 79.1 Å². The molecule has 0 aromatic rings. The number of aliphatic carboxylic acids is 1.